The number of carbonyl (C=O) groups is 1. The molecular weight excluding hydrogens is 320 g/mol. The summed E-state index contributed by atoms with van der Waals surface area (Å²) in [4.78, 5) is 11.5. The highest BCUT2D eigenvalue weighted by Crippen LogP contribution is 2.22. The van der Waals surface area contributed by atoms with Gasteiger partial charge in [-0.2, -0.15) is 0 Å². The van der Waals surface area contributed by atoms with E-state index in [0.717, 1.165) is 48.1 Å². The Kier molecular flexibility index (Phi) is 5.86. The number of halogens is 1. The monoisotopic (exact) mass is 340 g/mol. The third-order valence-electron chi connectivity index (χ3n) is 3.27. The summed E-state index contributed by atoms with van der Waals surface area (Å²) in [6.45, 7) is 1.60. The molecule has 0 aromatic heterocycles. The van der Waals surface area contributed by atoms with Crippen molar-refractivity contribution in [2.75, 3.05) is 13.7 Å². The van der Waals surface area contributed by atoms with Crippen LogP contribution < -0.4 is 15.4 Å². The summed E-state index contributed by atoms with van der Waals surface area (Å²) < 4.78 is 6.28. The van der Waals surface area contributed by atoms with Gasteiger partial charge in [-0.05, 0) is 49.6 Å². The van der Waals surface area contributed by atoms with E-state index in [0.29, 0.717) is 12.5 Å². The molecule has 2 rings (SSSR count). The Hall–Kier alpha value is -1.07. The molecule has 110 valence electrons. The average molecular weight is 341 g/mol. The zero-order chi connectivity index (χ0) is 14.4. The van der Waals surface area contributed by atoms with E-state index in [1.807, 2.05) is 18.2 Å². The zero-order valence-corrected chi connectivity index (χ0v) is 13.3. The van der Waals surface area contributed by atoms with Crippen molar-refractivity contribution in [1.82, 2.24) is 10.6 Å². The van der Waals surface area contributed by atoms with Gasteiger partial charge in [-0.15, -0.1) is 0 Å². The number of benzene rings is 1. The number of carbonyl (C=O) groups excluding carboxylic acids is 1. The molecule has 4 nitrogen and oxygen atoms in total. The molecule has 1 amide bonds. The molecule has 0 saturated heterocycles. The van der Waals surface area contributed by atoms with Crippen LogP contribution in [0, 0.1) is 0 Å². The van der Waals surface area contributed by atoms with E-state index in [9.17, 15) is 4.79 Å². The van der Waals surface area contributed by atoms with Crippen molar-refractivity contribution < 1.29 is 9.53 Å². The Morgan fingerprint density at radius 1 is 1.45 bits per heavy atom. The van der Waals surface area contributed by atoms with Crippen LogP contribution in [0.1, 0.15) is 31.2 Å². The fourth-order valence-electron chi connectivity index (χ4n) is 1.94. The minimum absolute atomic E-state index is 0.178. The maximum absolute atomic E-state index is 11.5. The van der Waals surface area contributed by atoms with E-state index < -0.39 is 0 Å². The number of hydrogen-bond acceptors (Lipinski definition) is 3. The Morgan fingerprint density at radius 2 is 2.25 bits per heavy atom. The molecule has 0 bridgehead atoms. The van der Waals surface area contributed by atoms with Gasteiger partial charge in [0.25, 0.3) is 0 Å². The van der Waals surface area contributed by atoms with Crippen molar-refractivity contribution in [3.8, 4) is 5.75 Å². The van der Waals surface area contributed by atoms with Crippen LogP contribution in [0.4, 0.5) is 0 Å². The lowest BCUT2D eigenvalue weighted by atomic mass is 10.2. The van der Waals surface area contributed by atoms with Gasteiger partial charge >= 0.3 is 0 Å². The first-order chi connectivity index (χ1) is 9.69. The standard InChI is InChI=1S/C15H21BrN2O2/c1-20-13-6-7-14(16)11(9-13)10-17-8-2-3-15(19)18-12-4-5-12/h6-7,9,12,17H,2-5,8,10H2,1H3,(H,18,19). The third-order valence-corrected chi connectivity index (χ3v) is 4.04. The van der Waals surface area contributed by atoms with Gasteiger partial charge < -0.3 is 15.4 Å². The number of nitrogens with one attached hydrogen (secondary N) is 2. The predicted octanol–water partition coefficient (Wildman–Crippen LogP) is 2.61. The van der Waals surface area contributed by atoms with Gasteiger partial charge in [0.1, 0.15) is 5.75 Å². The van der Waals surface area contributed by atoms with E-state index in [2.05, 4.69) is 26.6 Å². The Morgan fingerprint density at radius 3 is 2.95 bits per heavy atom. The fourth-order valence-corrected chi connectivity index (χ4v) is 2.32. The van der Waals surface area contributed by atoms with E-state index >= 15 is 0 Å². The van der Waals surface area contributed by atoms with Gasteiger partial charge in [-0.1, -0.05) is 15.9 Å². The maximum atomic E-state index is 11.5. The largest absolute Gasteiger partial charge is 0.497 e. The Labute approximate surface area is 128 Å². The molecule has 1 fully saturated rings. The summed E-state index contributed by atoms with van der Waals surface area (Å²) >= 11 is 3.53. The van der Waals surface area contributed by atoms with E-state index in [1.54, 1.807) is 7.11 Å². The zero-order valence-electron chi connectivity index (χ0n) is 11.7. The van der Waals surface area contributed by atoms with E-state index in [4.69, 9.17) is 4.74 Å². The molecule has 0 aliphatic heterocycles. The second-order valence-corrected chi connectivity index (χ2v) is 5.93. The molecule has 1 aliphatic carbocycles. The molecule has 1 aromatic rings. The minimum atomic E-state index is 0.178. The van der Waals surface area contributed by atoms with Gasteiger partial charge in [0.2, 0.25) is 5.91 Å². The van der Waals surface area contributed by atoms with Crippen molar-refractivity contribution in [2.45, 2.75) is 38.3 Å². The van der Waals surface area contributed by atoms with Crippen LogP contribution in [0.15, 0.2) is 22.7 Å². The summed E-state index contributed by atoms with van der Waals surface area (Å²) in [5.41, 5.74) is 1.16. The Balaban J connectivity index is 1.63. The molecule has 20 heavy (non-hydrogen) atoms. The predicted molar refractivity (Wildman–Crippen MR) is 82.8 cm³/mol. The normalized spacial score (nSPS) is 14.1. The van der Waals surface area contributed by atoms with Crippen molar-refractivity contribution in [3.05, 3.63) is 28.2 Å². The summed E-state index contributed by atoms with van der Waals surface area (Å²) in [6.07, 6.45) is 3.75. The second kappa shape index (κ2) is 7.64. The van der Waals surface area contributed by atoms with Crippen LogP contribution in [0.2, 0.25) is 0 Å². The smallest absolute Gasteiger partial charge is 0.220 e. The summed E-state index contributed by atoms with van der Waals surface area (Å²) in [5, 5.41) is 6.35. The van der Waals surface area contributed by atoms with Crippen molar-refractivity contribution >= 4 is 21.8 Å². The van der Waals surface area contributed by atoms with Gasteiger partial charge in [0, 0.05) is 23.5 Å². The maximum Gasteiger partial charge on any atom is 0.220 e. The van der Waals surface area contributed by atoms with E-state index in [1.165, 1.54) is 0 Å². The highest BCUT2D eigenvalue weighted by molar-refractivity contribution is 9.10. The van der Waals surface area contributed by atoms with Gasteiger partial charge in [0.15, 0.2) is 0 Å². The van der Waals surface area contributed by atoms with Crippen molar-refractivity contribution in [1.29, 1.82) is 0 Å². The van der Waals surface area contributed by atoms with Crippen LogP contribution >= 0.6 is 15.9 Å². The van der Waals surface area contributed by atoms with Crippen LogP contribution in [0.5, 0.6) is 5.75 Å². The molecule has 0 unspecified atom stereocenters. The van der Waals surface area contributed by atoms with Gasteiger partial charge in [0.05, 0.1) is 7.11 Å². The number of ether oxygens (including phenoxy) is 1. The molecule has 1 aromatic carbocycles. The second-order valence-electron chi connectivity index (χ2n) is 5.08. The summed E-state index contributed by atoms with van der Waals surface area (Å²) in [6, 6.07) is 6.38. The molecule has 0 atom stereocenters. The topological polar surface area (TPSA) is 50.4 Å². The lowest BCUT2D eigenvalue weighted by Crippen LogP contribution is -2.26. The van der Waals surface area contributed by atoms with Crippen LogP contribution in [-0.2, 0) is 11.3 Å². The first-order valence-electron chi connectivity index (χ1n) is 7.01. The van der Waals surface area contributed by atoms with Crippen LogP contribution in [0.25, 0.3) is 0 Å². The summed E-state index contributed by atoms with van der Waals surface area (Å²) in [5.74, 6) is 1.03. The lowest BCUT2D eigenvalue weighted by Gasteiger charge is -2.09. The molecule has 1 aliphatic rings. The molecule has 2 N–H and O–H groups in total. The SMILES string of the molecule is COc1ccc(Br)c(CNCCCC(=O)NC2CC2)c1. The number of hydrogen-bond donors (Lipinski definition) is 2. The molecule has 0 spiro atoms. The highest BCUT2D eigenvalue weighted by atomic mass is 79.9. The quantitative estimate of drug-likeness (QED) is 0.715. The highest BCUT2D eigenvalue weighted by Gasteiger charge is 2.22. The number of methoxy groups -OCH3 is 1. The van der Waals surface area contributed by atoms with Crippen LogP contribution in [-0.4, -0.2) is 25.6 Å². The summed E-state index contributed by atoms with van der Waals surface area (Å²) in [7, 11) is 1.67. The molecule has 0 heterocycles. The van der Waals surface area contributed by atoms with Gasteiger partial charge in [-0.25, -0.2) is 0 Å². The Bertz CT molecular complexity index is 461. The third kappa shape index (κ3) is 5.13. The number of amides is 1. The first-order valence-corrected chi connectivity index (χ1v) is 7.81. The minimum Gasteiger partial charge on any atom is -0.497 e. The molecule has 5 heteroatoms. The van der Waals surface area contributed by atoms with Gasteiger partial charge in [-0.3, -0.25) is 4.79 Å². The van der Waals surface area contributed by atoms with E-state index in [-0.39, 0.29) is 5.91 Å². The average Bonchev–Trinajstić information content (AvgIpc) is 3.24. The van der Waals surface area contributed by atoms with Crippen LogP contribution in [0.3, 0.4) is 0 Å². The molecule has 0 radical (unpaired) electrons. The molecular formula is C15H21BrN2O2. The lowest BCUT2D eigenvalue weighted by molar-refractivity contribution is -0.121. The first kappa shape index (κ1) is 15.3. The van der Waals surface area contributed by atoms with Crippen molar-refractivity contribution in [2.24, 2.45) is 0 Å². The molecule has 1 saturated carbocycles. The van der Waals surface area contributed by atoms with Crippen molar-refractivity contribution in [3.63, 3.8) is 0 Å². The fraction of sp³-hybridized carbons (Fsp3) is 0.533. The number of rotatable bonds is 8.